The number of urea groups is 1. The Labute approximate surface area is 185 Å². The van der Waals surface area contributed by atoms with Crippen molar-refractivity contribution in [2.24, 2.45) is 0 Å². The Hall–Kier alpha value is -4.00. The number of carbonyl (C=O) groups is 2. The summed E-state index contributed by atoms with van der Waals surface area (Å²) in [5.74, 6) is 1.27. The van der Waals surface area contributed by atoms with Crippen molar-refractivity contribution in [2.45, 2.75) is 19.2 Å². The number of likely N-dealkylation sites (N-methyl/N-ethyl adjacent to an activating group) is 1. The molecule has 3 amide bonds. The van der Waals surface area contributed by atoms with Gasteiger partial charge in [-0.25, -0.2) is 4.79 Å². The molecule has 32 heavy (non-hydrogen) atoms. The van der Waals surface area contributed by atoms with Gasteiger partial charge in [0.1, 0.15) is 18.1 Å². The van der Waals surface area contributed by atoms with Gasteiger partial charge in [0.2, 0.25) is 0 Å². The number of nitrogens with one attached hydrogen (secondary N) is 1. The number of benzene rings is 2. The van der Waals surface area contributed by atoms with Gasteiger partial charge in [0.25, 0.3) is 5.91 Å². The van der Waals surface area contributed by atoms with E-state index in [-0.39, 0.29) is 11.9 Å². The highest BCUT2D eigenvalue weighted by Gasteiger charge is 2.43. The van der Waals surface area contributed by atoms with Crippen molar-refractivity contribution in [1.29, 1.82) is 0 Å². The number of furan rings is 1. The molecule has 2 aliphatic heterocycles. The Morgan fingerprint density at radius 1 is 1.06 bits per heavy atom. The zero-order chi connectivity index (χ0) is 22.1. The van der Waals surface area contributed by atoms with Crippen molar-refractivity contribution < 1.29 is 18.7 Å². The highest BCUT2D eigenvalue weighted by Crippen LogP contribution is 2.37. The van der Waals surface area contributed by atoms with Crippen LogP contribution in [0.4, 0.5) is 4.79 Å². The lowest BCUT2D eigenvalue weighted by molar-refractivity contribution is -0.126. The van der Waals surface area contributed by atoms with Gasteiger partial charge in [-0.2, -0.15) is 0 Å². The van der Waals surface area contributed by atoms with Gasteiger partial charge in [-0.3, -0.25) is 9.69 Å². The average Bonchev–Trinajstić information content (AvgIpc) is 3.44. The fourth-order valence-electron chi connectivity index (χ4n) is 4.12. The van der Waals surface area contributed by atoms with Crippen molar-refractivity contribution in [3.8, 4) is 5.75 Å². The maximum atomic E-state index is 13.3. The molecule has 0 bridgehead atoms. The zero-order valence-electron chi connectivity index (χ0n) is 17.7. The summed E-state index contributed by atoms with van der Waals surface area (Å²) in [6.45, 7) is 1.15. The Morgan fingerprint density at radius 2 is 1.91 bits per heavy atom. The molecule has 3 aromatic rings. The van der Waals surface area contributed by atoms with Crippen LogP contribution in [0.15, 0.2) is 88.7 Å². The summed E-state index contributed by atoms with van der Waals surface area (Å²) in [7, 11) is 1.68. The van der Waals surface area contributed by atoms with Gasteiger partial charge in [0.05, 0.1) is 36.7 Å². The topological polar surface area (TPSA) is 75.0 Å². The van der Waals surface area contributed by atoms with Crippen LogP contribution in [0.25, 0.3) is 0 Å². The molecule has 7 heteroatoms. The lowest BCUT2D eigenvalue weighted by Gasteiger charge is -2.31. The fourth-order valence-corrected chi connectivity index (χ4v) is 4.12. The normalized spacial score (nSPS) is 18.1. The van der Waals surface area contributed by atoms with E-state index < -0.39 is 6.04 Å². The Balaban J connectivity index is 1.40. The van der Waals surface area contributed by atoms with Crippen LogP contribution < -0.4 is 10.1 Å². The van der Waals surface area contributed by atoms with Crippen LogP contribution in [0.5, 0.6) is 5.75 Å². The molecule has 2 aromatic carbocycles. The number of hydrogen-bond donors (Lipinski definition) is 1. The third-order valence-electron chi connectivity index (χ3n) is 5.80. The monoisotopic (exact) mass is 429 g/mol. The molecule has 5 rings (SSSR count). The Kier molecular flexibility index (Phi) is 5.15. The predicted octanol–water partition coefficient (Wildman–Crippen LogP) is 3.85. The summed E-state index contributed by atoms with van der Waals surface area (Å²) < 4.78 is 11.4. The number of amides is 3. The van der Waals surface area contributed by atoms with Crippen molar-refractivity contribution >= 4 is 11.9 Å². The van der Waals surface area contributed by atoms with Crippen LogP contribution in [0.1, 0.15) is 22.9 Å². The van der Waals surface area contributed by atoms with E-state index in [4.69, 9.17) is 9.15 Å². The first kappa shape index (κ1) is 19.9. The smallest absolute Gasteiger partial charge is 0.322 e. The van der Waals surface area contributed by atoms with E-state index in [9.17, 15) is 9.59 Å². The average molecular weight is 429 g/mol. The number of ether oxygens (including phenoxy) is 1. The molecular formula is C25H23N3O4. The summed E-state index contributed by atoms with van der Waals surface area (Å²) in [6, 6.07) is 20.3. The molecule has 162 valence electrons. The molecule has 0 radical (unpaired) electrons. The number of carbonyl (C=O) groups excluding carboxylic acids is 2. The molecule has 7 nitrogen and oxygen atoms in total. The largest absolute Gasteiger partial charge is 0.489 e. The molecule has 0 aliphatic carbocycles. The third kappa shape index (κ3) is 3.73. The van der Waals surface area contributed by atoms with Gasteiger partial charge < -0.3 is 19.4 Å². The maximum Gasteiger partial charge on any atom is 0.322 e. The van der Waals surface area contributed by atoms with Crippen molar-refractivity contribution in [3.63, 3.8) is 0 Å². The SMILES string of the molecule is CN1C(=O)N[C@H](c2cccc(OCc3ccccc3)c2)C2=C1CN(Cc1ccco1)C2=O. The number of rotatable bonds is 6. The first-order chi connectivity index (χ1) is 15.6. The minimum Gasteiger partial charge on any atom is -0.489 e. The van der Waals surface area contributed by atoms with E-state index in [1.165, 1.54) is 4.90 Å². The van der Waals surface area contributed by atoms with Crippen LogP contribution >= 0.6 is 0 Å². The minimum atomic E-state index is -0.539. The fraction of sp³-hybridized carbons (Fsp3) is 0.200. The highest BCUT2D eigenvalue weighted by molar-refractivity contribution is 6.01. The molecule has 1 atom stereocenters. The summed E-state index contributed by atoms with van der Waals surface area (Å²) in [6.07, 6.45) is 1.59. The van der Waals surface area contributed by atoms with E-state index in [0.717, 1.165) is 11.1 Å². The quantitative estimate of drug-likeness (QED) is 0.646. The third-order valence-corrected chi connectivity index (χ3v) is 5.80. The van der Waals surface area contributed by atoms with Crippen LogP contribution in [0.3, 0.4) is 0 Å². The minimum absolute atomic E-state index is 0.108. The van der Waals surface area contributed by atoms with E-state index in [1.54, 1.807) is 24.3 Å². The first-order valence-electron chi connectivity index (χ1n) is 10.5. The van der Waals surface area contributed by atoms with Gasteiger partial charge in [-0.1, -0.05) is 42.5 Å². The number of nitrogens with zero attached hydrogens (tertiary/aromatic N) is 2. The molecule has 3 heterocycles. The van der Waals surface area contributed by atoms with E-state index in [2.05, 4.69) is 5.32 Å². The second-order valence-electron chi connectivity index (χ2n) is 7.89. The molecule has 0 saturated heterocycles. The standard InChI is InChI=1S/C25H23N3O4/c1-27-21-15-28(14-20-11-6-12-31-20)24(29)22(21)23(26-25(27)30)18-9-5-10-19(13-18)32-16-17-7-3-2-4-8-17/h2-13,23H,14-16H2,1H3,(H,26,30)/t23-/m1/s1. The van der Waals surface area contributed by atoms with Crippen molar-refractivity contribution in [3.05, 3.63) is 101 Å². The van der Waals surface area contributed by atoms with E-state index in [0.29, 0.717) is 42.5 Å². The van der Waals surface area contributed by atoms with Crippen LogP contribution in [0, 0.1) is 0 Å². The summed E-state index contributed by atoms with van der Waals surface area (Å²) >= 11 is 0. The molecular weight excluding hydrogens is 406 g/mol. The molecule has 0 spiro atoms. The van der Waals surface area contributed by atoms with Gasteiger partial charge in [0.15, 0.2) is 0 Å². The first-order valence-corrected chi connectivity index (χ1v) is 10.5. The second-order valence-corrected chi connectivity index (χ2v) is 7.89. The molecule has 0 unspecified atom stereocenters. The summed E-state index contributed by atoms with van der Waals surface area (Å²) in [4.78, 5) is 29.2. The molecule has 1 aromatic heterocycles. The second kappa shape index (κ2) is 8.26. The van der Waals surface area contributed by atoms with Gasteiger partial charge in [-0.15, -0.1) is 0 Å². The predicted molar refractivity (Wildman–Crippen MR) is 117 cm³/mol. The summed E-state index contributed by atoms with van der Waals surface area (Å²) in [5.41, 5.74) is 3.16. The lowest BCUT2D eigenvalue weighted by atomic mass is 9.95. The van der Waals surface area contributed by atoms with Crippen molar-refractivity contribution in [2.75, 3.05) is 13.6 Å². The van der Waals surface area contributed by atoms with Gasteiger partial charge >= 0.3 is 6.03 Å². The molecule has 0 saturated carbocycles. The Bertz CT molecular complexity index is 1170. The maximum absolute atomic E-state index is 13.3. The van der Waals surface area contributed by atoms with Crippen LogP contribution in [-0.2, 0) is 17.9 Å². The van der Waals surface area contributed by atoms with Gasteiger partial charge in [-0.05, 0) is 35.4 Å². The number of hydrogen-bond acceptors (Lipinski definition) is 4. The Morgan fingerprint density at radius 3 is 2.69 bits per heavy atom. The van der Waals surface area contributed by atoms with E-state index in [1.807, 2.05) is 60.7 Å². The van der Waals surface area contributed by atoms with Gasteiger partial charge in [0, 0.05) is 7.05 Å². The molecule has 2 aliphatic rings. The van der Waals surface area contributed by atoms with Crippen LogP contribution in [0.2, 0.25) is 0 Å². The van der Waals surface area contributed by atoms with Crippen molar-refractivity contribution in [1.82, 2.24) is 15.1 Å². The van der Waals surface area contributed by atoms with E-state index >= 15 is 0 Å². The zero-order valence-corrected chi connectivity index (χ0v) is 17.7. The lowest BCUT2D eigenvalue weighted by Crippen LogP contribution is -2.45. The molecule has 0 fully saturated rings. The highest BCUT2D eigenvalue weighted by atomic mass is 16.5. The molecule has 1 N–H and O–H groups in total. The summed E-state index contributed by atoms with van der Waals surface area (Å²) in [5, 5.41) is 2.97. The van der Waals surface area contributed by atoms with Crippen LogP contribution in [-0.4, -0.2) is 35.3 Å².